The highest BCUT2D eigenvalue weighted by molar-refractivity contribution is 6.42. The third-order valence-corrected chi connectivity index (χ3v) is 3.44. The van der Waals surface area contributed by atoms with Gasteiger partial charge in [-0.25, -0.2) is 4.98 Å². The molecule has 3 rings (SSSR count). The van der Waals surface area contributed by atoms with Crippen LogP contribution in [0.5, 0.6) is 0 Å². The molecular weight excluding hydrogens is 279 g/mol. The number of benzene rings is 2. The van der Waals surface area contributed by atoms with E-state index in [9.17, 15) is 0 Å². The molecule has 1 aromatic heterocycles. The Bertz CT molecular complexity index is 741. The number of rotatable bonds is 2. The van der Waals surface area contributed by atoms with Gasteiger partial charge >= 0.3 is 0 Å². The van der Waals surface area contributed by atoms with Crippen LogP contribution in [0.1, 0.15) is 0 Å². The first-order chi connectivity index (χ1) is 9.22. The fourth-order valence-corrected chi connectivity index (χ4v) is 2.09. The van der Waals surface area contributed by atoms with Gasteiger partial charge in [-0.05, 0) is 36.4 Å². The fraction of sp³-hybridized carbons (Fsp3) is 0. The van der Waals surface area contributed by atoms with E-state index >= 15 is 0 Å². The molecule has 0 bridgehead atoms. The normalized spacial score (nSPS) is 10.6. The van der Waals surface area contributed by atoms with Crippen molar-refractivity contribution in [2.45, 2.75) is 0 Å². The SMILES string of the molecule is Clc1ccc(Nc2c[c]c3ccccc3n2)cc1Cl. The van der Waals surface area contributed by atoms with Crippen LogP contribution >= 0.6 is 23.2 Å². The van der Waals surface area contributed by atoms with Crippen LogP contribution < -0.4 is 5.32 Å². The molecule has 93 valence electrons. The maximum atomic E-state index is 5.97. The molecular formula is C15H9Cl2N2. The maximum Gasteiger partial charge on any atom is 0.131 e. The number of hydrogen-bond donors (Lipinski definition) is 1. The molecule has 4 heteroatoms. The fourth-order valence-electron chi connectivity index (χ4n) is 1.79. The lowest BCUT2D eigenvalue weighted by Crippen LogP contribution is -1.93. The number of nitrogens with zero attached hydrogens (tertiary/aromatic N) is 1. The molecule has 2 nitrogen and oxygen atoms in total. The first-order valence-electron chi connectivity index (χ1n) is 5.72. The molecule has 3 aromatic rings. The van der Waals surface area contributed by atoms with E-state index in [4.69, 9.17) is 23.2 Å². The Morgan fingerprint density at radius 2 is 1.84 bits per heavy atom. The van der Waals surface area contributed by atoms with Gasteiger partial charge in [0.2, 0.25) is 0 Å². The summed E-state index contributed by atoms with van der Waals surface area (Å²) in [6.07, 6.45) is 0. The van der Waals surface area contributed by atoms with Crippen LogP contribution in [0.4, 0.5) is 11.5 Å². The zero-order valence-electron chi connectivity index (χ0n) is 9.82. The van der Waals surface area contributed by atoms with Crippen LogP contribution in [0.15, 0.2) is 48.5 Å². The first-order valence-corrected chi connectivity index (χ1v) is 6.47. The Morgan fingerprint density at radius 1 is 1.00 bits per heavy atom. The highest BCUT2D eigenvalue weighted by atomic mass is 35.5. The van der Waals surface area contributed by atoms with Crippen molar-refractivity contribution in [1.29, 1.82) is 0 Å². The van der Waals surface area contributed by atoms with E-state index in [1.165, 1.54) is 0 Å². The Kier molecular flexibility index (Phi) is 3.28. The number of fused-ring (bicyclic) bond motifs is 1. The van der Waals surface area contributed by atoms with Gasteiger partial charge in [0, 0.05) is 11.1 Å². The van der Waals surface area contributed by atoms with Gasteiger partial charge < -0.3 is 5.32 Å². The van der Waals surface area contributed by atoms with Gasteiger partial charge in [0.15, 0.2) is 0 Å². The largest absolute Gasteiger partial charge is 0.340 e. The van der Waals surface area contributed by atoms with Crippen molar-refractivity contribution in [3.63, 3.8) is 0 Å². The topological polar surface area (TPSA) is 24.9 Å². The van der Waals surface area contributed by atoms with Crippen LogP contribution in [0.25, 0.3) is 10.9 Å². The van der Waals surface area contributed by atoms with Crippen LogP contribution in [-0.2, 0) is 0 Å². The predicted molar refractivity (Wildman–Crippen MR) is 80.3 cm³/mol. The Labute approximate surface area is 121 Å². The third-order valence-electron chi connectivity index (χ3n) is 2.70. The molecule has 1 heterocycles. The van der Waals surface area contributed by atoms with E-state index in [0.717, 1.165) is 22.4 Å². The van der Waals surface area contributed by atoms with Crippen molar-refractivity contribution in [1.82, 2.24) is 4.98 Å². The second-order valence-electron chi connectivity index (χ2n) is 4.06. The number of pyridine rings is 1. The van der Waals surface area contributed by atoms with Gasteiger partial charge in [-0.1, -0.05) is 41.4 Å². The summed E-state index contributed by atoms with van der Waals surface area (Å²) >= 11 is 11.9. The van der Waals surface area contributed by atoms with Gasteiger partial charge in [-0.3, -0.25) is 0 Å². The van der Waals surface area contributed by atoms with Crippen LogP contribution in [0, 0.1) is 6.07 Å². The van der Waals surface area contributed by atoms with Crippen molar-refractivity contribution in [3.05, 3.63) is 64.6 Å². The molecule has 1 radical (unpaired) electrons. The maximum absolute atomic E-state index is 5.97. The molecule has 0 atom stereocenters. The van der Waals surface area contributed by atoms with Crippen molar-refractivity contribution in [3.8, 4) is 0 Å². The Balaban J connectivity index is 1.94. The van der Waals surface area contributed by atoms with E-state index in [0.29, 0.717) is 10.0 Å². The zero-order valence-corrected chi connectivity index (χ0v) is 11.3. The van der Waals surface area contributed by atoms with Gasteiger partial charge in [0.25, 0.3) is 0 Å². The van der Waals surface area contributed by atoms with E-state index in [-0.39, 0.29) is 0 Å². The number of nitrogens with one attached hydrogen (secondary N) is 1. The van der Waals surface area contributed by atoms with Crippen LogP contribution in [0.2, 0.25) is 10.0 Å². The van der Waals surface area contributed by atoms with Crippen LogP contribution in [-0.4, -0.2) is 4.98 Å². The molecule has 0 amide bonds. The second-order valence-corrected chi connectivity index (χ2v) is 4.87. The number of hydrogen-bond acceptors (Lipinski definition) is 2. The molecule has 0 aliphatic rings. The quantitative estimate of drug-likeness (QED) is 0.710. The van der Waals surface area contributed by atoms with Crippen molar-refractivity contribution in [2.24, 2.45) is 0 Å². The molecule has 0 unspecified atom stereocenters. The lowest BCUT2D eigenvalue weighted by molar-refractivity contribution is 1.37. The number of aromatic nitrogens is 1. The number of para-hydroxylation sites is 1. The lowest BCUT2D eigenvalue weighted by atomic mass is 10.2. The van der Waals surface area contributed by atoms with Crippen molar-refractivity contribution >= 4 is 45.6 Å². The molecule has 2 aromatic carbocycles. The Hall–Kier alpha value is -1.77. The summed E-state index contributed by atoms with van der Waals surface area (Å²) in [7, 11) is 0. The average Bonchev–Trinajstić information content (AvgIpc) is 2.43. The van der Waals surface area contributed by atoms with Gasteiger partial charge in [-0.2, -0.15) is 0 Å². The predicted octanol–water partition coefficient (Wildman–Crippen LogP) is 5.09. The van der Waals surface area contributed by atoms with E-state index in [2.05, 4.69) is 16.4 Å². The summed E-state index contributed by atoms with van der Waals surface area (Å²) in [5, 5.41) is 5.21. The minimum atomic E-state index is 0.511. The number of anilines is 2. The summed E-state index contributed by atoms with van der Waals surface area (Å²) in [6, 6.07) is 18.2. The Morgan fingerprint density at radius 3 is 2.68 bits per heavy atom. The zero-order chi connectivity index (χ0) is 13.2. The lowest BCUT2D eigenvalue weighted by Gasteiger charge is -2.07. The highest BCUT2D eigenvalue weighted by Gasteiger charge is 2.02. The summed E-state index contributed by atoms with van der Waals surface area (Å²) in [6.45, 7) is 0. The van der Waals surface area contributed by atoms with Gasteiger partial charge in [0.05, 0.1) is 15.6 Å². The van der Waals surface area contributed by atoms with Gasteiger partial charge in [-0.15, -0.1) is 0 Å². The smallest absolute Gasteiger partial charge is 0.131 e. The van der Waals surface area contributed by atoms with Crippen molar-refractivity contribution in [2.75, 3.05) is 5.32 Å². The average molecular weight is 288 g/mol. The molecule has 0 saturated carbocycles. The molecule has 0 fully saturated rings. The van der Waals surface area contributed by atoms with E-state index < -0.39 is 0 Å². The standard InChI is InChI=1S/C15H9Cl2N2/c16-12-7-6-11(9-13(12)17)18-15-8-5-10-3-1-2-4-14(10)19-15/h1-4,6-9H,(H,18,19). The van der Waals surface area contributed by atoms with Crippen LogP contribution in [0.3, 0.4) is 0 Å². The molecule has 0 aliphatic heterocycles. The first kappa shape index (κ1) is 12.3. The van der Waals surface area contributed by atoms with Crippen molar-refractivity contribution < 1.29 is 0 Å². The second kappa shape index (κ2) is 5.08. The molecule has 0 spiro atoms. The highest BCUT2D eigenvalue weighted by Crippen LogP contribution is 2.26. The molecule has 0 aliphatic carbocycles. The molecule has 0 saturated heterocycles. The summed E-state index contributed by atoms with van der Waals surface area (Å²) in [5.41, 5.74) is 1.73. The summed E-state index contributed by atoms with van der Waals surface area (Å²) < 4.78 is 0. The minimum Gasteiger partial charge on any atom is -0.340 e. The van der Waals surface area contributed by atoms with Gasteiger partial charge in [0.1, 0.15) is 5.82 Å². The summed E-state index contributed by atoms with van der Waals surface area (Å²) in [4.78, 5) is 4.50. The monoisotopic (exact) mass is 287 g/mol. The van der Waals surface area contributed by atoms with E-state index in [1.54, 1.807) is 12.1 Å². The summed E-state index contributed by atoms with van der Waals surface area (Å²) in [5.74, 6) is 0.720. The van der Waals surface area contributed by atoms with E-state index in [1.807, 2.05) is 36.4 Å². The number of halogens is 2. The molecule has 19 heavy (non-hydrogen) atoms. The minimum absolute atomic E-state index is 0.511. The molecule has 1 N–H and O–H groups in total. The third kappa shape index (κ3) is 2.65.